The van der Waals surface area contributed by atoms with Crippen LogP contribution in [0.2, 0.25) is 0 Å². The molecule has 0 saturated heterocycles. The van der Waals surface area contributed by atoms with E-state index in [1.165, 1.54) is 29.8 Å². The number of hydrogen-bond donors (Lipinski definition) is 1. The lowest BCUT2D eigenvalue weighted by Gasteiger charge is -2.23. The summed E-state index contributed by atoms with van der Waals surface area (Å²) in [5, 5.41) is 20.7. The molecule has 2 aromatic heterocycles. The first-order chi connectivity index (χ1) is 15.1. The van der Waals surface area contributed by atoms with Crippen molar-refractivity contribution >= 4 is 34.8 Å². The van der Waals surface area contributed by atoms with Crippen molar-refractivity contribution in [2.24, 2.45) is 0 Å². The number of nitrogens with one attached hydrogen (secondary N) is 1. The molecule has 1 aromatic carbocycles. The molecule has 0 amide bonds. The number of rotatable bonds is 8. The molecule has 3 aromatic rings. The molecule has 168 valence electrons. The number of esters is 1. The zero-order valence-corrected chi connectivity index (χ0v) is 18.9. The number of anilines is 2. The average Bonchev–Trinajstić information content (AvgIpc) is 3.25. The van der Waals surface area contributed by atoms with Gasteiger partial charge < -0.3 is 15.0 Å². The summed E-state index contributed by atoms with van der Waals surface area (Å²) in [5.41, 5.74) is 1.64. The van der Waals surface area contributed by atoms with E-state index in [-0.39, 0.29) is 23.9 Å². The monoisotopic (exact) mass is 457 g/mol. The Balaban J connectivity index is 1.74. The molecule has 2 heterocycles. The Hall–Kier alpha value is -3.67. The molecular weight excluding hydrogens is 434 g/mol. The maximum atomic E-state index is 12.1. The predicted octanol–water partition coefficient (Wildman–Crippen LogP) is 3.29. The van der Waals surface area contributed by atoms with Crippen molar-refractivity contribution in [3.05, 3.63) is 51.7 Å². The molecular formula is C20H23N7O4S. The highest BCUT2D eigenvalue weighted by Gasteiger charge is 2.27. The third-order valence-electron chi connectivity index (χ3n) is 4.20. The predicted molar refractivity (Wildman–Crippen MR) is 120 cm³/mol. The van der Waals surface area contributed by atoms with Crippen LogP contribution in [0.5, 0.6) is 0 Å². The minimum absolute atomic E-state index is 0.0183. The van der Waals surface area contributed by atoms with Crippen molar-refractivity contribution < 1.29 is 14.5 Å². The van der Waals surface area contributed by atoms with Crippen LogP contribution in [0.15, 0.2) is 36.0 Å². The first kappa shape index (κ1) is 23.0. The van der Waals surface area contributed by atoms with Gasteiger partial charge in [-0.05, 0) is 37.9 Å². The fourth-order valence-electron chi connectivity index (χ4n) is 2.86. The largest absolute Gasteiger partial charge is 0.459 e. The lowest BCUT2D eigenvalue weighted by molar-refractivity contribution is -0.383. The maximum absolute atomic E-state index is 12.1. The number of aromatic nitrogens is 4. The average molecular weight is 458 g/mol. The van der Waals surface area contributed by atoms with Crippen LogP contribution < -0.4 is 10.2 Å². The molecule has 0 unspecified atom stereocenters. The highest BCUT2D eigenvalue weighted by molar-refractivity contribution is 7.03. The van der Waals surface area contributed by atoms with Gasteiger partial charge in [-0.3, -0.25) is 14.9 Å². The third kappa shape index (κ3) is 5.94. The Morgan fingerprint density at radius 3 is 2.56 bits per heavy atom. The van der Waals surface area contributed by atoms with Gasteiger partial charge in [-0.15, -0.1) is 5.10 Å². The molecule has 0 bridgehead atoms. The fourth-order valence-corrected chi connectivity index (χ4v) is 3.32. The highest BCUT2D eigenvalue weighted by Crippen LogP contribution is 2.31. The summed E-state index contributed by atoms with van der Waals surface area (Å²) in [4.78, 5) is 32.8. The van der Waals surface area contributed by atoms with Gasteiger partial charge in [0.2, 0.25) is 11.6 Å². The van der Waals surface area contributed by atoms with E-state index >= 15 is 0 Å². The van der Waals surface area contributed by atoms with Crippen LogP contribution in [0, 0.1) is 10.1 Å². The van der Waals surface area contributed by atoms with Crippen LogP contribution in [0.4, 0.5) is 17.3 Å². The second kappa shape index (κ2) is 9.64. The molecule has 0 radical (unpaired) electrons. The van der Waals surface area contributed by atoms with Gasteiger partial charge in [0.25, 0.3) is 0 Å². The smallest absolute Gasteiger partial charge is 0.353 e. The molecule has 0 spiro atoms. The van der Waals surface area contributed by atoms with Gasteiger partial charge in [0.15, 0.2) is 0 Å². The summed E-state index contributed by atoms with van der Waals surface area (Å²) >= 11 is 1.28. The third-order valence-corrected chi connectivity index (χ3v) is 4.71. The Morgan fingerprint density at radius 1 is 1.25 bits per heavy atom. The van der Waals surface area contributed by atoms with Gasteiger partial charge in [0.05, 0.1) is 4.92 Å². The number of nitro groups is 1. The number of carbonyl (C=O) groups excluding carboxylic acids is 1. The second-order valence-corrected chi connectivity index (χ2v) is 8.54. The summed E-state index contributed by atoms with van der Waals surface area (Å²) in [6.07, 6.45) is 1.22. The molecule has 1 N–H and O–H groups in total. The van der Waals surface area contributed by atoms with Crippen molar-refractivity contribution in [1.82, 2.24) is 19.6 Å². The number of ether oxygens (including phenoxy) is 1. The Kier molecular flexibility index (Phi) is 6.93. The molecule has 3 rings (SSSR count). The molecule has 0 aliphatic carbocycles. The normalized spacial score (nSPS) is 11.1. The van der Waals surface area contributed by atoms with Gasteiger partial charge >= 0.3 is 11.7 Å². The van der Waals surface area contributed by atoms with E-state index in [0.717, 1.165) is 16.8 Å². The molecule has 12 heteroatoms. The van der Waals surface area contributed by atoms with Crippen LogP contribution >= 0.6 is 11.5 Å². The minimum Gasteiger partial charge on any atom is -0.459 e. The number of carbonyl (C=O) groups is 1. The number of hydrogen-bond acceptors (Lipinski definition) is 11. The maximum Gasteiger partial charge on any atom is 0.353 e. The Bertz CT molecular complexity index is 1080. The van der Waals surface area contributed by atoms with Crippen molar-refractivity contribution in [2.45, 2.75) is 32.9 Å². The SMILES string of the molecule is CN(CC(=O)OC(C)(C)C)c1ncnc(NCc2ccc(-c3csnn3)cc2)c1[N+](=O)[O-]. The minimum atomic E-state index is -0.659. The summed E-state index contributed by atoms with van der Waals surface area (Å²) in [5.74, 6) is -0.439. The molecule has 32 heavy (non-hydrogen) atoms. The van der Waals surface area contributed by atoms with Crippen molar-refractivity contribution in [3.8, 4) is 11.3 Å². The van der Waals surface area contributed by atoms with E-state index in [9.17, 15) is 14.9 Å². The van der Waals surface area contributed by atoms with E-state index in [0.29, 0.717) is 6.54 Å². The molecule has 0 fully saturated rings. The van der Waals surface area contributed by atoms with E-state index in [1.807, 2.05) is 29.6 Å². The summed E-state index contributed by atoms with van der Waals surface area (Å²) in [7, 11) is 1.54. The first-order valence-electron chi connectivity index (χ1n) is 9.66. The Morgan fingerprint density at radius 2 is 1.97 bits per heavy atom. The molecule has 11 nitrogen and oxygen atoms in total. The van der Waals surface area contributed by atoms with E-state index < -0.39 is 16.5 Å². The standard InChI is InChI=1S/C20H23N7O4S/c1-20(2,3)31-16(28)10-26(4)19-17(27(29)30)18(22-12-23-19)21-9-13-5-7-14(8-6-13)15-11-32-25-24-15/h5-8,11-12H,9-10H2,1-4H3,(H,21,22,23). The summed E-state index contributed by atoms with van der Waals surface area (Å²) in [6, 6.07) is 7.60. The number of likely N-dealkylation sites (N-methyl/N-ethyl adjacent to an activating group) is 1. The molecule has 0 atom stereocenters. The topological polar surface area (TPSA) is 136 Å². The fraction of sp³-hybridized carbons (Fsp3) is 0.350. The second-order valence-electron chi connectivity index (χ2n) is 7.93. The lowest BCUT2D eigenvalue weighted by Crippen LogP contribution is -2.33. The zero-order chi connectivity index (χ0) is 23.3. The Labute approximate surface area is 188 Å². The van der Waals surface area contributed by atoms with Gasteiger partial charge in [-0.1, -0.05) is 28.8 Å². The summed E-state index contributed by atoms with van der Waals surface area (Å²) in [6.45, 7) is 5.37. The van der Waals surface area contributed by atoms with Crippen LogP contribution in [0.3, 0.4) is 0 Å². The molecule has 0 aliphatic rings. The van der Waals surface area contributed by atoms with E-state index in [2.05, 4.69) is 24.9 Å². The van der Waals surface area contributed by atoms with E-state index in [4.69, 9.17) is 4.74 Å². The molecule has 0 saturated carbocycles. The van der Waals surface area contributed by atoms with Gasteiger partial charge in [0.1, 0.15) is 24.2 Å². The van der Waals surface area contributed by atoms with Crippen LogP contribution in [0.1, 0.15) is 26.3 Å². The van der Waals surface area contributed by atoms with Crippen LogP contribution in [0.25, 0.3) is 11.3 Å². The van der Waals surface area contributed by atoms with Crippen molar-refractivity contribution in [3.63, 3.8) is 0 Å². The van der Waals surface area contributed by atoms with Crippen molar-refractivity contribution in [2.75, 3.05) is 23.8 Å². The summed E-state index contributed by atoms with van der Waals surface area (Å²) < 4.78 is 9.13. The van der Waals surface area contributed by atoms with Crippen LogP contribution in [-0.4, -0.2) is 49.6 Å². The number of nitrogens with zero attached hydrogens (tertiary/aromatic N) is 6. The van der Waals surface area contributed by atoms with Crippen LogP contribution in [-0.2, 0) is 16.1 Å². The zero-order valence-electron chi connectivity index (χ0n) is 18.1. The lowest BCUT2D eigenvalue weighted by atomic mass is 10.1. The van der Waals surface area contributed by atoms with Gasteiger partial charge in [-0.2, -0.15) is 0 Å². The van der Waals surface area contributed by atoms with E-state index in [1.54, 1.807) is 20.8 Å². The quantitative estimate of drug-likeness (QED) is 0.305. The van der Waals surface area contributed by atoms with Crippen molar-refractivity contribution in [1.29, 1.82) is 0 Å². The number of benzene rings is 1. The highest BCUT2D eigenvalue weighted by atomic mass is 32.1. The van der Waals surface area contributed by atoms with Gasteiger partial charge in [0, 0.05) is 24.5 Å². The first-order valence-corrected chi connectivity index (χ1v) is 10.5. The van der Waals surface area contributed by atoms with Gasteiger partial charge in [-0.25, -0.2) is 9.97 Å². The molecule has 0 aliphatic heterocycles.